The zero-order valence-corrected chi connectivity index (χ0v) is 19.5. The van der Waals surface area contributed by atoms with E-state index in [4.69, 9.17) is 9.84 Å². The number of hydrogen-bond donors (Lipinski definition) is 2. The maximum Gasteiger partial charge on any atom is 0.337 e. The lowest BCUT2D eigenvalue weighted by Crippen LogP contribution is -2.54. The number of ether oxygens (including phenoxy) is 2. The largest absolute Gasteiger partial charge is 0.489 e. The summed E-state index contributed by atoms with van der Waals surface area (Å²) in [6.07, 6.45) is 1.36. The van der Waals surface area contributed by atoms with Gasteiger partial charge in [-0.1, -0.05) is 24.3 Å². The molecule has 0 radical (unpaired) electrons. The first-order valence-electron chi connectivity index (χ1n) is 10.9. The van der Waals surface area contributed by atoms with Gasteiger partial charge < -0.3 is 14.6 Å². The van der Waals surface area contributed by atoms with Crippen molar-refractivity contribution in [1.29, 1.82) is 0 Å². The Morgan fingerprint density at radius 1 is 0.892 bits per heavy atom. The summed E-state index contributed by atoms with van der Waals surface area (Å²) < 4.78 is 10.3. The van der Waals surface area contributed by atoms with Gasteiger partial charge in [0.15, 0.2) is 0 Å². The average molecular weight is 500 g/mol. The first-order valence-corrected chi connectivity index (χ1v) is 10.9. The number of amides is 4. The molecule has 0 saturated carbocycles. The molecule has 0 aliphatic carbocycles. The normalized spacial score (nSPS) is 14.4. The van der Waals surface area contributed by atoms with Gasteiger partial charge in [-0.3, -0.25) is 14.9 Å². The van der Waals surface area contributed by atoms with Gasteiger partial charge in [0.2, 0.25) is 0 Å². The van der Waals surface area contributed by atoms with Crippen molar-refractivity contribution in [3.05, 3.63) is 101 Å². The molecule has 4 rings (SSSR count). The van der Waals surface area contributed by atoms with E-state index in [0.717, 1.165) is 10.5 Å². The molecule has 0 spiro atoms. The summed E-state index contributed by atoms with van der Waals surface area (Å²) in [7, 11) is 1.24. The minimum atomic E-state index is -1.01. The predicted octanol–water partition coefficient (Wildman–Crippen LogP) is 3.42. The highest BCUT2D eigenvalue weighted by Crippen LogP contribution is 2.23. The van der Waals surface area contributed by atoms with E-state index in [2.05, 4.69) is 10.1 Å². The highest BCUT2D eigenvalue weighted by Gasteiger charge is 2.36. The molecular formula is C27H20N2O8. The molecule has 1 aliphatic heterocycles. The van der Waals surface area contributed by atoms with Crippen molar-refractivity contribution in [1.82, 2.24) is 5.32 Å². The second-order valence-electron chi connectivity index (χ2n) is 7.86. The van der Waals surface area contributed by atoms with Crippen LogP contribution >= 0.6 is 0 Å². The number of aromatic carboxylic acids is 1. The molecule has 0 atom stereocenters. The van der Waals surface area contributed by atoms with Gasteiger partial charge in [0, 0.05) is 0 Å². The van der Waals surface area contributed by atoms with Gasteiger partial charge in [0.05, 0.1) is 23.9 Å². The highest BCUT2D eigenvalue weighted by molar-refractivity contribution is 6.39. The van der Waals surface area contributed by atoms with E-state index < -0.39 is 29.8 Å². The predicted molar refractivity (Wildman–Crippen MR) is 131 cm³/mol. The molecule has 1 heterocycles. The molecule has 10 nitrogen and oxygen atoms in total. The number of esters is 1. The molecule has 10 heteroatoms. The smallest absolute Gasteiger partial charge is 0.337 e. The first-order chi connectivity index (χ1) is 17.8. The third-order valence-corrected chi connectivity index (χ3v) is 5.45. The quantitative estimate of drug-likeness (QED) is 0.286. The van der Waals surface area contributed by atoms with Crippen LogP contribution in [0.3, 0.4) is 0 Å². The fourth-order valence-electron chi connectivity index (χ4n) is 3.49. The number of barbiturate groups is 1. The van der Waals surface area contributed by atoms with E-state index in [1.807, 2.05) is 0 Å². The maximum absolute atomic E-state index is 13.0. The monoisotopic (exact) mass is 500 g/mol. The molecule has 37 heavy (non-hydrogen) atoms. The second kappa shape index (κ2) is 10.6. The van der Waals surface area contributed by atoms with Gasteiger partial charge in [-0.25, -0.2) is 19.3 Å². The zero-order chi connectivity index (χ0) is 26.5. The van der Waals surface area contributed by atoms with Crippen LogP contribution in [0, 0.1) is 0 Å². The lowest BCUT2D eigenvalue weighted by molar-refractivity contribution is -0.122. The third-order valence-electron chi connectivity index (χ3n) is 5.45. The van der Waals surface area contributed by atoms with E-state index in [9.17, 15) is 24.0 Å². The van der Waals surface area contributed by atoms with Crippen LogP contribution < -0.4 is 15.0 Å². The standard InChI is InChI=1S/C27H20N2O8/c1-36-26(34)19-8-10-20(11-9-19)29-24(31)22(23(30)28-27(29)35)14-16-4-12-21(13-5-16)37-15-17-2-6-18(7-3-17)25(32)33/h2-14H,15H2,1H3,(H,32,33)(H,28,30,35). The Morgan fingerprint density at radius 2 is 1.51 bits per heavy atom. The number of nitrogens with one attached hydrogen (secondary N) is 1. The van der Waals surface area contributed by atoms with Crippen molar-refractivity contribution in [2.75, 3.05) is 12.0 Å². The van der Waals surface area contributed by atoms with Crippen molar-refractivity contribution in [3.8, 4) is 5.75 Å². The van der Waals surface area contributed by atoms with Crippen LogP contribution in [0.5, 0.6) is 5.75 Å². The SMILES string of the molecule is COC(=O)c1ccc(N2C(=O)NC(=O)C(=Cc3ccc(OCc4ccc(C(=O)O)cc4)cc3)C2=O)cc1. The van der Waals surface area contributed by atoms with Crippen molar-refractivity contribution >= 4 is 41.5 Å². The van der Waals surface area contributed by atoms with Gasteiger partial charge in [-0.15, -0.1) is 0 Å². The number of hydrogen-bond acceptors (Lipinski definition) is 7. The fourth-order valence-corrected chi connectivity index (χ4v) is 3.49. The maximum atomic E-state index is 13.0. The number of imide groups is 2. The molecule has 0 aromatic heterocycles. The molecule has 1 aliphatic rings. The Hall–Kier alpha value is -5.25. The minimum absolute atomic E-state index is 0.175. The molecule has 186 valence electrons. The van der Waals surface area contributed by atoms with Crippen LogP contribution in [0.25, 0.3) is 6.08 Å². The van der Waals surface area contributed by atoms with E-state index in [-0.39, 0.29) is 29.0 Å². The highest BCUT2D eigenvalue weighted by atomic mass is 16.5. The van der Waals surface area contributed by atoms with Crippen molar-refractivity contribution in [3.63, 3.8) is 0 Å². The summed E-state index contributed by atoms with van der Waals surface area (Å²) in [6.45, 7) is 0.215. The molecule has 1 fully saturated rings. The summed E-state index contributed by atoms with van der Waals surface area (Å²) in [5, 5.41) is 11.1. The van der Waals surface area contributed by atoms with Crippen molar-refractivity contribution < 1.29 is 38.6 Å². The minimum Gasteiger partial charge on any atom is -0.489 e. The Morgan fingerprint density at radius 3 is 2.11 bits per heavy atom. The summed E-state index contributed by atoms with van der Waals surface area (Å²) in [5.41, 5.74) is 1.65. The van der Waals surface area contributed by atoms with E-state index in [1.54, 1.807) is 36.4 Å². The van der Waals surface area contributed by atoms with E-state index in [1.165, 1.54) is 49.6 Å². The topological polar surface area (TPSA) is 139 Å². The summed E-state index contributed by atoms with van der Waals surface area (Å²) in [5.74, 6) is -2.70. The molecule has 0 bridgehead atoms. The molecule has 3 aromatic carbocycles. The molecule has 2 N–H and O–H groups in total. The first kappa shape index (κ1) is 24.9. The van der Waals surface area contributed by atoms with E-state index >= 15 is 0 Å². The van der Waals surface area contributed by atoms with Crippen molar-refractivity contribution in [2.45, 2.75) is 6.61 Å². The molecule has 1 saturated heterocycles. The average Bonchev–Trinajstić information content (AvgIpc) is 2.90. The lowest BCUT2D eigenvalue weighted by Gasteiger charge is -2.26. The number of anilines is 1. The summed E-state index contributed by atoms with van der Waals surface area (Å²) in [4.78, 5) is 61.2. The summed E-state index contributed by atoms with van der Waals surface area (Å²) >= 11 is 0. The Kier molecular flexibility index (Phi) is 7.10. The van der Waals surface area contributed by atoms with Gasteiger partial charge in [0.25, 0.3) is 11.8 Å². The summed E-state index contributed by atoms with van der Waals surface area (Å²) in [6, 6.07) is 17.6. The third kappa shape index (κ3) is 5.54. The lowest BCUT2D eigenvalue weighted by atomic mass is 10.1. The molecule has 0 unspecified atom stereocenters. The van der Waals surface area contributed by atoms with Crippen LogP contribution in [0.2, 0.25) is 0 Å². The Bertz CT molecular complexity index is 1410. The zero-order valence-electron chi connectivity index (χ0n) is 19.5. The van der Waals surface area contributed by atoms with Gasteiger partial charge in [0.1, 0.15) is 17.9 Å². The number of carboxylic acids is 1. The fraction of sp³-hybridized carbons (Fsp3) is 0.0741. The number of nitrogens with zero attached hydrogens (tertiary/aromatic N) is 1. The van der Waals surface area contributed by atoms with Gasteiger partial charge >= 0.3 is 18.0 Å². The van der Waals surface area contributed by atoms with Crippen LogP contribution in [0.1, 0.15) is 31.8 Å². The van der Waals surface area contributed by atoms with Crippen LogP contribution in [-0.4, -0.2) is 42.0 Å². The van der Waals surface area contributed by atoms with E-state index in [0.29, 0.717) is 11.3 Å². The number of methoxy groups -OCH3 is 1. The van der Waals surface area contributed by atoms with Gasteiger partial charge in [-0.05, 0) is 65.7 Å². The molecular weight excluding hydrogens is 480 g/mol. The van der Waals surface area contributed by atoms with Crippen LogP contribution in [-0.2, 0) is 20.9 Å². The molecule has 3 aromatic rings. The Labute approximate surface area is 210 Å². The number of carboxylic acid groups (broad SMARTS) is 1. The number of rotatable bonds is 7. The Balaban J connectivity index is 1.47. The number of urea groups is 1. The van der Waals surface area contributed by atoms with Crippen molar-refractivity contribution in [2.24, 2.45) is 0 Å². The van der Waals surface area contributed by atoms with Gasteiger partial charge in [-0.2, -0.15) is 0 Å². The second-order valence-corrected chi connectivity index (χ2v) is 7.86. The number of benzene rings is 3. The van der Waals surface area contributed by atoms with Crippen LogP contribution in [0.15, 0.2) is 78.4 Å². The van der Waals surface area contributed by atoms with Crippen LogP contribution in [0.4, 0.5) is 10.5 Å². The molecule has 4 amide bonds. The number of carbonyl (C=O) groups is 5. The number of carbonyl (C=O) groups excluding carboxylic acids is 4.